The third kappa shape index (κ3) is 4.39. The number of halogens is 1. The van der Waals surface area contributed by atoms with Crippen LogP contribution in [0.5, 0.6) is 0 Å². The van der Waals surface area contributed by atoms with Crippen molar-refractivity contribution in [1.82, 2.24) is 19.9 Å². The number of carbonyl (C=O) groups excluding carboxylic acids is 2. The number of aryl methyl sites for hydroxylation is 1. The lowest BCUT2D eigenvalue weighted by Gasteiger charge is -2.36. The first kappa shape index (κ1) is 21.7. The Morgan fingerprint density at radius 3 is 2.47 bits per heavy atom. The van der Waals surface area contributed by atoms with Gasteiger partial charge in [-0.15, -0.1) is 0 Å². The molecule has 1 saturated heterocycles. The van der Waals surface area contributed by atoms with Gasteiger partial charge in [0.05, 0.1) is 17.9 Å². The molecule has 166 valence electrons. The van der Waals surface area contributed by atoms with E-state index in [0.29, 0.717) is 25.9 Å². The maximum absolute atomic E-state index is 13.5. The monoisotopic (exact) mass is 436 g/mol. The summed E-state index contributed by atoms with van der Waals surface area (Å²) in [5, 5.41) is 3.58. The largest absolute Gasteiger partial charge is 0.351 e. The van der Waals surface area contributed by atoms with Gasteiger partial charge in [-0.2, -0.15) is 0 Å². The summed E-state index contributed by atoms with van der Waals surface area (Å²) in [6.45, 7) is 2.88. The Kier molecular flexibility index (Phi) is 6.30. The van der Waals surface area contributed by atoms with Crippen LogP contribution in [-0.2, 0) is 4.79 Å². The van der Waals surface area contributed by atoms with E-state index in [1.165, 1.54) is 24.4 Å². The van der Waals surface area contributed by atoms with Gasteiger partial charge in [0.15, 0.2) is 0 Å². The van der Waals surface area contributed by atoms with E-state index >= 15 is 0 Å². The van der Waals surface area contributed by atoms with Crippen LogP contribution in [0.2, 0.25) is 0 Å². The van der Waals surface area contributed by atoms with Crippen molar-refractivity contribution in [3.63, 3.8) is 0 Å². The molecule has 1 atom stereocenters. The van der Waals surface area contributed by atoms with Gasteiger partial charge in [0, 0.05) is 38.3 Å². The molecule has 2 aromatic heterocycles. The van der Waals surface area contributed by atoms with Gasteiger partial charge in [0.25, 0.3) is 5.91 Å². The van der Waals surface area contributed by atoms with Crippen molar-refractivity contribution in [1.29, 1.82) is 0 Å². The summed E-state index contributed by atoms with van der Waals surface area (Å²) < 4.78 is 18.5. The molecule has 1 fully saturated rings. The fourth-order valence-corrected chi connectivity index (χ4v) is 4.22. The Morgan fingerprint density at radius 1 is 1.12 bits per heavy atom. The second-order valence-electron chi connectivity index (χ2n) is 8.05. The number of benzene rings is 1. The molecule has 4 rings (SSSR count). The van der Waals surface area contributed by atoms with Gasteiger partial charge in [0.1, 0.15) is 5.82 Å². The standard InChI is InChI=1S/C24H25FN4O3/c1-16-4-3-12-26-21(16)22(17-5-7-19(25)8-6-17)28(2)23(30)18-10-14-29(15-11-18)24(31)20-9-13-27-32-20/h3-9,12-13,18,22H,10-11,14-15H2,1-2H3. The highest BCUT2D eigenvalue weighted by molar-refractivity contribution is 5.91. The predicted molar refractivity (Wildman–Crippen MR) is 115 cm³/mol. The zero-order chi connectivity index (χ0) is 22.7. The average molecular weight is 436 g/mol. The van der Waals surface area contributed by atoms with Gasteiger partial charge in [-0.3, -0.25) is 14.6 Å². The van der Waals surface area contributed by atoms with Gasteiger partial charge >= 0.3 is 0 Å². The molecule has 0 spiro atoms. The van der Waals surface area contributed by atoms with Crippen molar-refractivity contribution in [2.24, 2.45) is 5.92 Å². The molecule has 3 aromatic rings. The molecule has 3 heterocycles. The van der Waals surface area contributed by atoms with Crippen molar-refractivity contribution >= 4 is 11.8 Å². The lowest BCUT2D eigenvalue weighted by atomic mass is 9.92. The minimum atomic E-state index is -0.432. The second-order valence-corrected chi connectivity index (χ2v) is 8.05. The fraction of sp³-hybridized carbons (Fsp3) is 0.333. The summed E-state index contributed by atoms with van der Waals surface area (Å²) in [4.78, 5) is 33.8. The molecule has 1 aromatic carbocycles. The number of carbonyl (C=O) groups is 2. The first-order valence-corrected chi connectivity index (χ1v) is 10.6. The Bertz CT molecular complexity index is 1080. The Hall–Kier alpha value is -3.55. The van der Waals surface area contributed by atoms with E-state index in [1.54, 1.807) is 35.2 Å². The van der Waals surface area contributed by atoms with Gasteiger partial charge in [-0.1, -0.05) is 23.4 Å². The van der Waals surface area contributed by atoms with Crippen LogP contribution in [0.3, 0.4) is 0 Å². The van der Waals surface area contributed by atoms with Crippen molar-refractivity contribution in [3.8, 4) is 0 Å². The maximum atomic E-state index is 13.5. The van der Waals surface area contributed by atoms with E-state index in [0.717, 1.165) is 16.8 Å². The van der Waals surface area contributed by atoms with Gasteiger partial charge < -0.3 is 14.3 Å². The van der Waals surface area contributed by atoms with E-state index in [4.69, 9.17) is 4.52 Å². The molecule has 1 aliphatic heterocycles. The average Bonchev–Trinajstić information content (AvgIpc) is 3.36. The van der Waals surface area contributed by atoms with Crippen molar-refractivity contribution in [3.05, 3.63) is 83.3 Å². The zero-order valence-corrected chi connectivity index (χ0v) is 18.1. The number of rotatable bonds is 5. The van der Waals surface area contributed by atoms with Crippen molar-refractivity contribution < 1.29 is 18.5 Å². The predicted octanol–water partition coefficient (Wildman–Crippen LogP) is 3.62. The van der Waals surface area contributed by atoms with Crippen LogP contribution in [0.1, 0.15) is 46.3 Å². The number of aromatic nitrogens is 2. The molecular formula is C24H25FN4O3. The summed E-state index contributed by atoms with van der Waals surface area (Å²) in [6.07, 6.45) is 4.25. The highest BCUT2D eigenvalue weighted by Crippen LogP contribution is 2.31. The van der Waals surface area contributed by atoms with Crippen LogP contribution in [0.15, 0.2) is 59.4 Å². The highest BCUT2D eigenvalue weighted by atomic mass is 19.1. The van der Waals surface area contributed by atoms with Crippen molar-refractivity contribution in [2.45, 2.75) is 25.8 Å². The lowest BCUT2D eigenvalue weighted by molar-refractivity contribution is -0.137. The van der Waals surface area contributed by atoms with E-state index in [-0.39, 0.29) is 29.3 Å². The molecule has 0 bridgehead atoms. The Morgan fingerprint density at radius 2 is 1.84 bits per heavy atom. The number of nitrogens with zero attached hydrogens (tertiary/aromatic N) is 4. The van der Waals surface area contributed by atoms with Gasteiger partial charge in [0.2, 0.25) is 11.7 Å². The number of pyridine rings is 1. The summed E-state index contributed by atoms with van der Waals surface area (Å²) in [5.41, 5.74) is 2.50. The smallest absolute Gasteiger partial charge is 0.292 e. The highest BCUT2D eigenvalue weighted by Gasteiger charge is 2.34. The van der Waals surface area contributed by atoms with Crippen molar-refractivity contribution in [2.75, 3.05) is 20.1 Å². The lowest BCUT2D eigenvalue weighted by Crippen LogP contribution is -2.44. The SMILES string of the molecule is Cc1cccnc1C(c1ccc(F)cc1)N(C)C(=O)C1CCN(C(=O)c2ccno2)CC1. The molecule has 2 amide bonds. The van der Waals surface area contributed by atoms with Crippen LogP contribution in [0, 0.1) is 18.7 Å². The summed E-state index contributed by atoms with van der Waals surface area (Å²) >= 11 is 0. The zero-order valence-electron chi connectivity index (χ0n) is 18.1. The second kappa shape index (κ2) is 9.30. The Balaban J connectivity index is 1.52. The number of piperidine rings is 1. The third-order valence-corrected chi connectivity index (χ3v) is 6.01. The Labute approximate surface area is 185 Å². The summed E-state index contributed by atoms with van der Waals surface area (Å²) in [5.74, 6) is -0.575. The maximum Gasteiger partial charge on any atom is 0.292 e. The molecule has 0 radical (unpaired) electrons. The normalized spacial score (nSPS) is 15.4. The van der Waals surface area contributed by atoms with Gasteiger partial charge in [-0.05, 0) is 49.1 Å². The molecule has 8 heteroatoms. The number of likely N-dealkylation sites (tertiary alicyclic amines) is 1. The third-order valence-electron chi connectivity index (χ3n) is 6.01. The summed E-state index contributed by atoms with van der Waals surface area (Å²) in [7, 11) is 1.76. The van der Waals surface area contributed by atoms with E-state index in [9.17, 15) is 14.0 Å². The van der Waals surface area contributed by atoms with E-state index < -0.39 is 6.04 Å². The van der Waals surface area contributed by atoms with Crippen LogP contribution in [0.4, 0.5) is 4.39 Å². The van der Waals surface area contributed by atoms with Crippen LogP contribution in [-0.4, -0.2) is 51.9 Å². The topological polar surface area (TPSA) is 79.5 Å². The number of amides is 2. The number of hydrogen-bond acceptors (Lipinski definition) is 5. The quantitative estimate of drug-likeness (QED) is 0.610. The molecule has 1 aliphatic rings. The first-order chi connectivity index (χ1) is 15.5. The van der Waals surface area contributed by atoms with Gasteiger partial charge in [-0.25, -0.2) is 4.39 Å². The molecule has 0 aliphatic carbocycles. The number of hydrogen-bond donors (Lipinski definition) is 0. The molecule has 32 heavy (non-hydrogen) atoms. The summed E-state index contributed by atoms with van der Waals surface area (Å²) in [6, 6.07) is 11.1. The fourth-order valence-electron chi connectivity index (χ4n) is 4.22. The molecule has 0 N–H and O–H groups in total. The molecule has 7 nitrogen and oxygen atoms in total. The van der Waals surface area contributed by atoms with E-state index in [2.05, 4.69) is 10.1 Å². The minimum absolute atomic E-state index is 0.0175. The van der Waals surface area contributed by atoms with Crippen LogP contribution >= 0.6 is 0 Å². The minimum Gasteiger partial charge on any atom is -0.351 e. The molecule has 1 unspecified atom stereocenters. The van der Waals surface area contributed by atoms with Crippen LogP contribution < -0.4 is 0 Å². The molecule has 0 saturated carbocycles. The molecular weight excluding hydrogens is 411 g/mol. The first-order valence-electron chi connectivity index (χ1n) is 10.6. The van der Waals surface area contributed by atoms with E-state index in [1.807, 2.05) is 19.1 Å². The van der Waals surface area contributed by atoms with Crippen LogP contribution in [0.25, 0.3) is 0 Å².